The van der Waals surface area contributed by atoms with Crippen LogP contribution in [0.2, 0.25) is 0 Å². The zero-order chi connectivity index (χ0) is 34.8. The van der Waals surface area contributed by atoms with Gasteiger partial charge in [0.05, 0.1) is 11.7 Å². The Balaban J connectivity index is 1.38. The minimum absolute atomic E-state index is 0.0430. The van der Waals surface area contributed by atoms with E-state index in [-0.39, 0.29) is 25.0 Å². The topological polar surface area (TPSA) is 135 Å². The van der Waals surface area contributed by atoms with Gasteiger partial charge in [-0.2, -0.15) is 0 Å². The van der Waals surface area contributed by atoms with Gasteiger partial charge in [0.2, 0.25) is 0 Å². The molecule has 1 fully saturated rings. The van der Waals surface area contributed by atoms with E-state index < -0.39 is 36.0 Å². The van der Waals surface area contributed by atoms with Crippen molar-refractivity contribution in [1.29, 1.82) is 0 Å². The molecule has 5 unspecified atom stereocenters. The van der Waals surface area contributed by atoms with Gasteiger partial charge >= 0.3 is 11.9 Å². The van der Waals surface area contributed by atoms with Crippen molar-refractivity contribution < 1.29 is 42.7 Å². The standard InChI is InChI=1S/C37H51N3O9/c1-24-14-15-29(47-35(41)26-10-7-6-8-11-26)34-30(48-37(3,4)49-34)13-9-12-27-20-28(44-19-18-38-22-32-39-16-17-40-32)21-31(45-23-43-5)33(27)36(42)46-25(24)2/h6-8,10-11,16,20-21,24-25,29-30,32,34,38,40H,9,12-15,17-19,22-23H2,1-5H3/t24-,25?,29?,30?,32?,34?/m1/s1. The molecule has 2 N–H and O–H groups in total. The van der Waals surface area contributed by atoms with Gasteiger partial charge in [0.15, 0.2) is 12.6 Å². The Morgan fingerprint density at radius 2 is 1.90 bits per heavy atom. The van der Waals surface area contributed by atoms with Crippen LogP contribution in [0.1, 0.15) is 79.7 Å². The molecule has 0 aliphatic carbocycles. The van der Waals surface area contributed by atoms with Crippen molar-refractivity contribution in [2.45, 2.75) is 96.2 Å². The maximum Gasteiger partial charge on any atom is 0.342 e. The van der Waals surface area contributed by atoms with Crippen molar-refractivity contribution in [1.82, 2.24) is 10.6 Å². The third kappa shape index (κ3) is 10.2. The van der Waals surface area contributed by atoms with Crippen LogP contribution in [0.4, 0.5) is 0 Å². The maximum atomic E-state index is 13.9. The van der Waals surface area contributed by atoms with Crippen LogP contribution in [0.15, 0.2) is 47.5 Å². The van der Waals surface area contributed by atoms with Crippen LogP contribution in [0.25, 0.3) is 0 Å². The predicted octanol–water partition coefficient (Wildman–Crippen LogP) is 4.68. The molecule has 3 aliphatic heterocycles. The number of hydrogen-bond donors (Lipinski definition) is 2. The first-order valence-corrected chi connectivity index (χ1v) is 17.3. The molecule has 2 aromatic carbocycles. The molecule has 2 aromatic rings. The molecule has 0 spiro atoms. The number of fused-ring (bicyclic) bond motifs is 2. The number of ether oxygens (including phenoxy) is 7. The van der Waals surface area contributed by atoms with Crippen molar-refractivity contribution in [3.05, 3.63) is 59.2 Å². The van der Waals surface area contributed by atoms with E-state index in [1.165, 1.54) is 7.11 Å². The van der Waals surface area contributed by atoms with Gasteiger partial charge in [0.1, 0.15) is 48.1 Å². The lowest BCUT2D eigenvalue weighted by molar-refractivity contribution is -0.156. The van der Waals surface area contributed by atoms with Crippen LogP contribution < -0.4 is 20.1 Å². The van der Waals surface area contributed by atoms with Crippen molar-refractivity contribution in [3.8, 4) is 11.5 Å². The third-order valence-electron chi connectivity index (χ3n) is 9.10. The summed E-state index contributed by atoms with van der Waals surface area (Å²) in [6, 6.07) is 12.6. The summed E-state index contributed by atoms with van der Waals surface area (Å²) in [6.07, 6.45) is 3.06. The van der Waals surface area contributed by atoms with E-state index in [4.69, 9.17) is 33.2 Å². The Labute approximate surface area is 289 Å². The van der Waals surface area contributed by atoms with Crippen molar-refractivity contribution >= 4 is 18.2 Å². The van der Waals surface area contributed by atoms with E-state index in [9.17, 15) is 9.59 Å². The van der Waals surface area contributed by atoms with E-state index in [1.807, 2.05) is 58.2 Å². The molecule has 12 heteroatoms. The molecule has 12 nitrogen and oxygen atoms in total. The average molecular weight is 682 g/mol. The third-order valence-corrected chi connectivity index (χ3v) is 9.10. The van der Waals surface area contributed by atoms with Gasteiger partial charge in [-0.15, -0.1) is 0 Å². The van der Waals surface area contributed by atoms with E-state index in [0.29, 0.717) is 74.4 Å². The fourth-order valence-corrected chi connectivity index (χ4v) is 6.39. The highest BCUT2D eigenvalue weighted by molar-refractivity contribution is 5.95. The molecule has 0 radical (unpaired) electrons. The highest BCUT2D eigenvalue weighted by atomic mass is 16.8. The number of nitrogens with zero attached hydrogens (tertiary/aromatic N) is 1. The van der Waals surface area contributed by atoms with Crippen LogP contribution >= 0.6 is 0 Å². The van der Waals surface area contributed by atoms with E-state index >= 15 is 0 Å². The average Bonchev–Trinajstić information content (AvgIpc) is 3.71. The summed E-state index contributed by atoms with van der Waals surface area (Å²) in [5.41, 5.74) is 1.58. The number of benzene rings is 2. The highest BCUT2D eigenvalue weighted by Gasteiger charge is 2.46. The monoisotopic (exact) mass is 681 g/mol. The number of nitrogens with one attached hydrogen (secondary N) is 2. The first kappa shape index (κ1) is 36.7. The molecule has 5 rings (SSSR count). The largest absolute Gasteiger partial charge is 0.492 e. The number of rotatable bonds is 11. The number of aliphatic imine (C=N–C) groups is 1. The number of carbonyl (C=O) groups excluding carboxylic acids is 2. The van der Waals surface area contributed by atoms with E-state index in [0.717, 1.165) is 12.1 Å². The minimum Gasteiger partial charge on any atom is -0.492 e. The summed E-state index contributed by atoms with van der Waals surface area (Å²) in [4.78, 5) is 31.5. The Bertz CT molecular complexity index is 1420. The summed E-state index contributed by atoms with van der Waals surface area (Å²) in [6.45, 7) is 10.1. The molecule has 6 atom stereocenters. The number of cyclic esters (lactones) is 1. The van der Waals surface area contributed by atoms with Crippen molar-refractivity contribution in [3.63, 3.8) is 0 Å². The van der Waals surface area contributed by atoms with Crippen LogP contribution in [0.5, 0.6) is 11.5 Å². The van der Waals surface area contributed by atoms with Crippen LogP contribution in [0.3, 0.4) is 0 Å². The lowest BCUT2D eigenvalue weighted by atomic mass is 9.92. The summed E-state index contributed by atoms with van der Waals surface area (Å²) in [7, 11) is 1.53. The second-order valence-electron chi connectivity index (χ2n) is 13.3. The van der Waals surface area contributed by atoms with Gasteiger partial charge in [-0.05, 0) is 82.6 Å². The highest BCUT2D eigenvalue weighted by Crippen LogP contribution is 2.37. The summed E-state index contributed by atoms with van der Waals surface area (Å²) in [5, 5.41) is 6.62. The van der Waals surface area contributed by atoms with Gasteiger partial charge < -0.3 is 38.5 Å². The minimum atomic E-state index is -0.854. The Hall–Kier alpha value is -3.55. The van der Waals surface area contributed by atoms with Crippen LogP contribution in [-0.2, 0) is 30.1 Å². The first-order chi connectivity index (χ1) is 23.6. The lowest BCUT2D eigenvalue weighted by Crippen LogP contribution is -2.39. The quantitative estimate of drug-likeness (QED) is 0.195. The number of carbonyl (C=O) groups is 2. The zero-order valence-corrected chi connectivity index (χ0v) is 29.3. The Morgan fingerprint density at radius 3 is 2.65 bits per heavy atom. The van der Waals surface area contributed by atoms with Gasteiger partial charge in [0.25, 0.3) is 0 Å². The van der Waals surface area contributed by atoms with E-state index in [2.05, 4.69) is 15.6 Å². The molecular weight excluding hydrogens is 630 g/mol. The number of hydrogen-bond acceptors (Lipinski definition) is 12. The van der Waals surface area contributed by atoms with Crippen molar-refractivity contribution in [2.75, 3.05) is 40.1 Å². The number of aryl methyl sites for hydroxylation is 1. The lowest BCUT2D eigenvalue weighted by Gasteiger charge is -2.29. The van der Waals surface area contributed by atoms with Gasteiger partial charge in [0, 0.05) is 39.0 Å². The molecule has 0 aromatic heterocycles. The Kier molecular flexibility index (Phi) is 13.0. The normalized spacial score (nSPS) is 27.0. The molecule has 0 saturated carbocycles. The first-order valence-electron chi connectivity index (χ1n) is 17.3. The second kappa shape index (κ2) is 17.4. The molecule has 0 bridgehead atoms. The SMILES string of the molecule is COCOc1cc(OCCNCC2N=CCN2)cc2c1C(=O)OC(C)[C@H](C)CCC(OC(=O)c1ccccc1)C1OC(C)(C)OC1CCC2. The zero-order valence-electron chi connectivity index (χ0n) is 29.3. The fraction of sp³-hybridized carbons (Fsp3) is 0.595. The molecule has 3 heterocycles. The van der Waals surface area contributed by atoms with Crippen molar-refractivity contribution in [2.24, 2.45) is 10.9 Å². The second-order valence-corrected chi connectivity index (χ2v) is 13.3. The maximum absolute atomic E-state index is 13.9. The van der Waals surface area contributed by atoms with Crippen LogP contribution in [0, 0.1) is 5.92 Å². The summed E-state index contributed by atoms with van der Waals surface area (Å²) in [5.74, 6) is -0.864. The Morgan fingerprint density at radius 1 is 1.08 bits per heavy atom. The smallest absolute Gasteiger partial charge is 0.342 e. The molecular formula is C37H51N3O9. The molecule has 1 saturated heterocycles. The molecule has 268 valence electrons. The number of methoxy groups -OCH3 is 1. The predicted molar refractivity (Wildman–Crippen MR) is 183 cm³/mol. The summed E-state index contributed by atoms with van der Waals surface area (Å²) < 4.78 is 42.3. The molecule has 0 amide bonds. The molecule has 3 aliphatic rings. The number of esters is 2. The fourth-order valence-electron chi connectivity index (χ4n) is 6.39. The van der Waals surface area contributed by atoms with Gasteiger partial charge in [-0.25, -0.2) is 9.59 Å². The van der Waals surface area contributed by atoms with Gasteiger partial charge in [-0.1, -0.05) is 25.1 Å². The summed E-state index contributed by atoms with van der Waals surface area (Å²) >= 11 is 0. The van der Waals surface area contributed by atoms with E-state index in [1.54, 1.807) is 18.2 Å². The van der Waals surface area contributed by atoms with Crippen LogP contribution in [-0.4, -0.2) is 94.7 Å². The molecule has 49 heavy (non-hydrogen) atoms. The van der Waals surface area contributed by atoms with Gasteiger partial charge in [-0.3, -0.25) is 10.3 Å².